The van der Waals surface area contributed by atoms with Gasteiger partial charge in [-0.1, -0.05) is 13.0 Å². The minimum atomic E-state index is 0.627. The molecule has 0 aliphatic heterocycles. The van der Waals surface area contributed by atoms with E-state index in [1.165, 1.54) is 42.3 Å². The Morgan fingerprint density at radius 2 is 1.89 bits per heavy atom. The molecular formula is C17H22N2. The van der Waals surface area contributed by atoms with Crippen LogP contribution in [0.2, 0.25) is 0 Å². The van der Waals surface area contributed by atoms with Crippen LogP contribution in [0.5, 0.6) is 0 Å². The second-order valence-electron chi connectivity index (χ2n) is 5.93. The zero-order valence-electron chi connectivity index (χ0n) is 11.8. The summed E-state index contributed by atoms with van der Waals surface area (Å²) in [6.07, 6.45) is 7.15. The summed E-state index contributed by atoms with van der Waals surface area (Å²) in [5.41, 5.74) is 3.61. The lowest BCUT2D eigenvalue weighted by Gasteiger charge is -2.28. The van der Waals surface area contributed by atoms with E-state index in [1.807, 2.05) is 12.3 Å². The summed E-state index contributed by atoms with van der Waals surface area (Å²) in [4.78, 5) is 4.51. The number of rotatable bonds is 2. The summed E-state index contributed by atoms with van der Waals surface area (Å²) in [5, 5.41) is 4.98. The van der Waals surface area contributed by atoms with Crippen molar-refractivity contribution in [1.29, 1.82) is 0 Å². The van der Waals surface area contributed by atoms with Crippen molar-refractivity contribution in [1.82, 2.24) is 4.98 Å². The third-order valence-electron chi connectivity index (χ3n) is 4.35. The van der Waals surface area contributed by atoms with Crippen LogP contribution in [0.1, 0.15) is 38.2 Å². The topological polar surface area (TPSA) is 24.9 Å². The number of hydrogen-bond acceptors (Lipinski definition) is 2. The number of aromatic nitrogens is 1. The molecule has 100 valence electrons. The van der Waals surface area contributed by atoms with Crippen LogP contribution in [0.4, 0.5) is 5.69 Å². The van der Waals surface area contributed by atoms with Gasteiger partial charge in [0.15, 0.2) is 0 Å². The van der Waals surface area contributed by atoms with Crippen molar-refractivity contribution < 1.29 is 0 Å². The summed E-state index contributed by atoms with van der Waals surface area (Å²) >= 11 is 0. The van der Waals surface area contributed by atoms with Gasteiger partial charge < -0.3 is 5.32 Å². The SMILES string of the molecule is Cc1ccc(NC2CCC(C)CC2)c2cccnc12. The van der Waals surface area contributed by atoms with E-state index in [4.69, 9.17) is 0 Å². The van der Waals surface area contributed by atoms with Gasteiger partial charge in [0.2, 0.25) is 0 Å². The minimum Gasteiger partial charge on any atom is -0.382 e. The van der Waals surface area contributed by atoms with Crippen molar-refractivity contribution in [2.75, 3.05) is 5.32 Å². The molecule has 0 bridgehead atoms. The number of nitrogens with one attached hydrogen (secondary N) is 1. The maximum absolute atomic E-state index is 4.51. The monoisotopic (exact) mass is 254 g/mol. The van der Waals surface area contributed by atoms with Crippen molar-refractivity contribution >= 4 is 16.6 Å². The second-order valence-corrected chi connectivity index (χ2v) is 5.93. The Labute approximate surface area is 115 Å². The molecule has 0 spiro atoms. The van der Waals surface area contributed by atoms with Gasteiger partial charge >= 0.3 is 0 Å². The average molecular weight is 254 g/mol. The highest BCUT2D eigenvalue weighted by atomic mass is 14.9. The number of hydrogen-bond donors (Lipinski definition) is 1. The predicted molar refractivity (Wildman–Crippen MR) is 81.5 cm³/mol. The molecule has 1 fully saturated rings. The van der Waals surface area contributed by atoms with Crippen molar-refractivity contribution in [3.63, 3.8) is 0 Å². The van der Waals surface area contributed by atoms with E-state index in [9.17, 15) is 0 Å². The highest BCUT2D eigenvalue weighted by molar-refractivity contribution is 5.93. The third kappa shape index (κ3) is 2.58. The van der Waals surface area contributed by atoms with E-state index >= 15 is 0 Å². The molecule has 2 nitrogen and oxygen atoms in total. The van der Waals surface area contributed by atoms with Gasteiger partial charge in [0, 0.05) is 23.3 Å². The quantitative estimate of drug-likeness (QED) is 0.851. The first-order valence-corrected chi connectivity index (χ1v) is 7.35. The van der Waals surface area contributed by atoms with Crippen molar-refractivity contribution in [2.24, 2.45) is 5.92 Å². The minimum absolute atomic E-state index is 0.627. The molecule has 1 aliphatic carbocycles. The molecule has 19 heavy (non-hydrogen) atoms. The molecule has 1 N–H and O–H groups in total. The van der Waals surface area contributed by atoms with E-state index in [2.05, 4.69) is 42.3 Å². The molecule has 1 aliphatic rings. The fourth-order valence-electron chi connectivity index (χ4n) is 3.06. The predicted octanol–water partition coefficient (Wildman–Crippen LogP) is 4.53. The summed E-state index contributed by atoms with van der Waals surface area (Å²) in [6.45, 7) is 4.49. The molecule has 3 rings (SSSR count). The molecule has 0 unspecified atom stereocenters. The summed E-state index contributed by atoms with van der Waals surface area (Å²) < 4.78 is 0. The Morgan fingerprint density at radius 3 is 2.68 bits per heavy atom. The van der Waals surface area contributed by atoms with Crippen LogP contribution in [0.15, 0.2) is 30.5 Å². The summed E-state index contributed by atoms with van der Waals surface area (Å²) in [5.74, 6) is 0.898. The van der Waals surface area contributed by atoms with Gasteiger partial charge in [0.25, 0.3) is 0 Å². The molecule has 2 aromatic rings. The number of anilines is 1. The van der Waals surface area contributed by atoms with E-state index in [1.54, 1.807) is 0 Å². The molecule has 1 heterocycles. The first-order valence-electron chi connectivity index (χ1n) is 7.35. The van der Waals surface area contributed by atoms with Crippen LogP contribution in [-0.4, -0.2) is 11.0 Å². The molecule has 1 saturated carbocycles. The number of fused-ring (bicyclic) bond motifs is 1. The lowest BCUT2D eigenvalue weighted by Crippen LogP contribution is -2.25. The van der Waals surface area contributed by atoms with Crippen molar-refractivity contribution in [2.45, 2.75) is 45.6 Å². The first kappa shape index (κ1) is 12.5. The summed E-state index contributed by atoms with van der Waals surface area (Å²) in [7, 11) is 0. The van der Waals surface area contributed by atoms with Crippen LogP contribution >= 0.6 is 0 Å². The Morgan fingerprint density at radius 1 is 1.11 bits per heavy atom. The molecule has 0 amide bonds. The Balaban J connectivity index is 1.87. The van der Waals surface area contributed by atoms with Gasteiger partial charge in [-0.25, -0.2) is 0 Å². The number of aryl methyl sites for hydroxylation is 1. The van der Waals surface area contributed by atoms with E-state index in [0.29, 0.717) is 6.04 Å². The largest absolute Gasteiger partial charge is 0.382 e. The molecule has 1 aromatic carbocycles. The van der Waals surface area contributed by atoms with Gasteiger partial charge in [-0.15, -0.1) is 0 Å². The zero-order chi connectivity index (χ0) is 13.2. The fourth-order valence-corrected chi connectivity index (χ4v) is 3.06. The normalized spacial score (nSPS) is 23.5. The highest BCUT2D eigenvalue weighted by Gasteiger charge is 2.18. The van der Waals surface area contributed by atoms with Gasteiger partial charge in [-0.3, -0.25) is 4.98 Å². The van der Waals surface area contributed by atoms with Gasteiger partial charge in [-0.05, 0) is 62.3 Å². The van der Waals surface area contributed by atoms with Crippen LogP contribution in [0.25, 0.3) is 10.9 Å². The summed E-state index contributed by atoms with van der Waals surface area (Å²) in [6, 6.07) is 9.20. The first-order chi connectivity index (χ1) is 9.24. The Kier molecular flexibility index (Phi) is 3.41. The van der Waals surface area contributed by atoms with Gasteiger partial charge in [0.05, 0.1) is 5.52 Å². The van der Waals surface area contributed by atoms with Gasteiger partial charge in [0.1, 0.15) is 0 Å². The van der Waals surface area contributed by atoms with Crippen LogP contribution in [-0.2, 0) is 0 Å². The molecule has 0 saturated heterocycles. The van der Waals surface area contributed by atoms with E-state index in [-0.39, 0.29) is 0 Å². The molecule has 2 heteroatoms. The second kappa shape index (κ2) is 5.20. The van der Waals surface area contributed by atoms with Crippen LogP contribution in [0.3, 0.4) is 0 Å². The van der Waals surface area contributed by atoms with Crippen molar-refractivity contribution in [3.8, 4) is 0 Å². The number of benzene rings is 1. The van der Waals surface area contributed by atoms with Gasteiger partial charge in [-0.2, -0.15) is 0 Å². The van der Waals surface area contributed by atoms with Crippen LogP contribution < -0.4 is 5.32 Å². The smallest absolute Gasteiger partial charge is 0.0751 e. The Hall–Kier alpha value is -1.57. The van der Waals surface area contributed by atoms with Crippen LogP contribution in [0, 0.1) is 12.8 Å². The highest BCUT2D eigenvalue weighted by Crippen LogP contribution is 2.29. The number of pyridine rings is 1. The standard InChI is InChI=1S/C17H22N2/c1-12-5-8-14(9-6-12)19-16-10-7-13(2)17-15(16)4-3-11-18-17/h3-4,7,10-12,14,19H,5-6,8-9H2,1-2H3. The maximum atomic E-state index is 4.51. The average Bonchev–Trinajstić information content (AvgIpc) is 2.45. The Bertz CT molecular complexity index is 568. The molecule has 0 atom stereocenters. The van der Waals surface area contributed by atoms with Crippen molar-refractivity contribution in [3.05, 3.63) is 36.0 Å². The number of nitrogens with zero attached hydrogens (tertiary/aromatic N) is 1. The fraction of sp³-hybridized carbons (Fsp3) is 0.471. The molecule has 1 aromatic heterocycles. The zero-order valence-corrected chi connectivity index (χ0v) is 11.8. The lowest BCUT2D eigenvalue weighted by molar-refractivity contribution is 0.361. The van der Waals surface area contributed by atoms with E-state index in [0.717, 1.165) is 11.4 Å². The van der Waals surface area contributed by atoms with E-state index < -0.39 is 0 Å². The lowest BCUT2D eigenvalue weighted by atomic mass is 9.87. The molecular weight excluding hydrogens is 232 g/mol. The maximum Gasteiger partial charge on any atom is 0.0751 e. The third-order valence-corrected chi connectivity index (χ3v) is 4.35. The molecule has 0 radical (unpaired) electrons.